The summed E-state index contributed by atoms with van der Waals surface area (Å²) in [5, 5.41) is 9.66. The van der Waals surface area contributed by atoms with Crippen molar-refractivity contribution in [2.75, 3.05) is 33.4 Å². The molecular weight excluding hydrogens is 254 g/mol. The minimum absolute atomic E-state index is 0.522. The van der Waals surface area contributed by atoms with Crippen molar-refractivity contribution in [1.82, 2.24) is 4.90 Å². The van der Waals surface area contributed by atoms with Gasteiger partial charge in [0.1, 0.15) is 5.41 Å². The fraction of sp³-hybridized carbons (Fsp3) is 0.562. The smallest absolute Gasteiger partial charge is 0.315 e. The Bertz CT molecular complexity index is 448. The van der Waals surface area contributed by atoms with E-state index in [0.717, 1.165) is 31.7 Å². The average molecular weight is 277 g/mol. The lowest BCUT2D eigenvalue weighted by atomic mass is 9.82. The van der Waals surface area contributed by atoms with Gasteiger partial charge in [-0.25, -0.2) is 0 Å². The van der Waals surface area contributed by atoms with Crippen molar-refractivity contribution in [3.63, 3.8) is 0 Å². The molecule has 110 valence electrons. The fourth-order valence-electron chi connectivity index (χ4n) is 2.96. The predicted molar refractivity (Wildman–Crippen MR) is 77.9 cm³/mol. The van der Waals surface area contributed by atoms with Gasteiger partial charge in [-0.15, -0.1) is 0 Å². The molecule has 0 amide bonds. The Morgan fingerprint density at radius 3 is 2.75 bits per heavy atom. The Hall–Kier alpha value is -1.39. The Morgan fingerprint density at radius 1 is 1.45 bits per heavy atom. The summed E-state index contributed by atoms with van der Waals surface area (Å²) in [4.78, 5) is 14.0. The summed E-state index contributed by atoms with van der Waals surface area (Å²) in [6.07, 6.45) is 1.08. The number of ether oxygens (including phenoxy) is 1. The molecule has 0 bridgehead atoms. The molecule has 0 saturated carbocycles. The van der Waals surface area contributed by atoms with E-state index < -0.39 is 11.4 Å². The van der Waals surface area contributed by atoms with E-state index in [9.17, 15) is 9.90 Å². The van der Waals surface area contributed by atoms with E-state index in [0.29, 0.717) is 12.5 Å². The number of hydrogen-bond donors (Lipinski definition) is 1. The summed E-state index contributed by atoms with van der Waals surface area (Å²) in [7, 11) is 1.72. The second-order valence-electron chi connectivity index (χ2n) is 5.85. The van der Waals surface area contributed by atoms with Crippen LogP contribution in [0.15, 0.2) is 30.3 Å². The molecule has 0 aromatic heterocycles. The summed E-state index contributed by atoms with van der Waals surface area (Å²) >= 11 is 0. The molecule has 0 spiro atoms. The van der Waals surface area contributed by atoms with Crippen molar-refractivity contribution in [2.45, 2.75) is 18.8 Å². The zero-order chi connectivity index (χ0) is 14.6. The molecule has 20 heavy (non-hydrogen) atoms. The van der Waals surface area contributed by atoms with E-state index in [4.69, 9.17) is 4.74 Å². The largest absolute Gasteiger partial charge is 0.481 e. The van der Waals surface area contributed by atoms with Gasteiger partial charge in [-0.2, -0.15) is 0 Å². The Balaban J connectivity index is 2.09. The zero-order valence-corrected chi connectivity index (χ0v) is 12.2. The fourth-order valence-corrected chi connectivity index (χ4v) is 2.96. The topological polar surface area (TPSA) is 49.8 Å². The van der Waals surface area contributed by atoms with Gasteiger partial charge in [-0.3, -0.25) is 4.79 Å². The predicted octanol–water partition coefficient (Wildman–Crippen LogP) is 2.00. The van der Waals surface area contributed by atoms with E-state index in [1.807, 2.05) is 37.3 Å². The first-order valence-corrected chi connectivity index (χ1v) is 7.06. The van der Waals surface area contributed by atoms with E-state index in [-0.39, 0.29) is 0 Å². The van der Waals surface area contributed by atoms with Crippen molar-refractivity contribution < 1.29 is 14.6 Å². The number of benzene rings is 1. The van der Waals surface area contributed by atoms with Crippen molar-refractivity contribution in [1.29, 1.82) is 0 Å². The molecule has 0 radical (unpaired) electrons. The van der Waals surface area contributed by atoms with Gasteiger partial charge >= 0.3 is 5.97 Å². The van der Waals surface area contributed by atoms with Crippen molar-refractivity contribution >= 4 is 5.97 Å². The first-order valence-electron chi connectivity index (χ1n) is 7.06. The second-order valence-corrected chi connectivity index (χ2v) is 5.85. The van der Waals surface area contributed by atoms with E-state index in [1.54, 1.807) is 7.11 Å². The zero-order valence-electron chi connectivity index (χ0n) is 12.2. The summed E-state index contributed by atoms with van der Waals surface area (Å²) in [5.74, 6) is -0.243. The molecule has 2 atom stereocenters. The molecule has 2 unspecified atom stereocenters. The number of likely N-dealkylation sites (tertiary alicyclic amines) is 1. The van der Waals surface area contributed by atoms with Crippen LogP contribution < -0.4 is 0 Å². The third-order valence-corrected chi connectivity index (χ3v) is 4.20. The second kappa shape index (κ2) is 6.37. The lowest BCUT2D eigenvalue weighted by Gasteiger charge is -2.30. The van der Waals surface area contributed by atoms with Gasteiger partial charge in [0.25, 0.3) is 0 Å². The van der Waals surface area contributed by atoms with E-state index in [1.165, 1.54) is 0 Å². The summed E-state index contributed by atoms with van der Waals surface area (Å²) in [6.45, 7) is 4.99. The molecule has 1 N–H and O–H groups in total. The monoisotopic (exact) mass is 277 g/mol. The van der Waals surface area contributed by atoms with Crippen molar-refractivity contribution in [3.05, 3.63) is 35.9 Å². The van der Waals surface area contributed by atoms with Crippen LogP contribution in [0.5, 0.6) is 0 Å². The van der Waals surface area contributed by atoms with Gasteiger partial charge in [0.15, 0.2) is 0 Å². The van der Waals surface area contributed by atoms with Gasteiger partial charge in [0, 0.05) is 20.2 Å². The quantitative estimate of drug-likeness (QED) is 0.864. The van der Waals surface area contributed by atoms with Crippen LogP contribution >= 0.6 is 0 Å². The van der Waals surface area contributed by atoms with Crippen LogP contribution in [0.25, 0.3) is 0 Å². The normalized spacial score (nSPS) is 22.6. The van der Waals surface area contributed by atoms with Gasteiger partial charge in [0.05, 0.1) is 6.61 Å². The number of nitrogens with zero attached hydrogens (tertiary/aromatic N) is 1. The maximum absolute atomic E-state index is 11.8. The van der Waals surface area contributed by atoms with Crippen LogP contribution in [0.3, 0.4) is 0 Å². The number of carbonyl (C=O) groups is 1. The Labute approximate surface area is 120 Å². The third-order valence-electron chi connectivity index (χ3n) is 4.20. The molecular formula is C16H23NO3. The molecule has 4 heteroatoms. The molecule has 1 aromatic carbocycles. The molecule has 1 heterocycles. The van der Waals surface area contributed by atoms with Gasteiger partial charge in [0.2, 0.25) is 0 Å². The van der Waals surface area contributed by atoms with Crippen molar-refractivity contribution in [2.24, 2.45) is 5.92 Å². The number of methoxy groups -OCH3 is 1. The number of aliphatic carboxylic acids is 1. The third kappa shape index (κ3) is 3.19. The molecule has 4 nitrogen and oxygen atoms in total. The number of hydrogen-bond acceptors (Lipinski definition) is 3. The molecule has 1 aliphatic rings. The SMILES string of the molecule is COCC1CCN(CC(C)(C(=O)O)c2ccccc2)C1. The van der Waals surface area contributed by atoms with Crippen LogP contribution in [0.2, 0.25) is 0 Å². The van der Waals surface area contributed by atoms with Gasteiger partial charge in [-0.1, -0.05) is 30.3 Å². The number of carboxylic acids is 1. The van der Waals surface area contributed by atoms with Gasteiger partial charge < -0.3 is 14.7 Å². The first-order chi connectivity index (χ1) is 9.56. The van der Waals surface area contributed by atoms with Crippen LogP contribution in [-0.4, -0.2) is 49.3 Å². The highest BCUT2D eigenvalue weighted by atomic mass is 16.5. The molecule has 1 aliphatic heterocycles. The maximum Gasteiger partial charge on any atom is 0.315 e. The lowest BCUT2D eigenvalue weighted by molar-refractivity contribution is -0.143. The van der Waals surface area contributed by atoms with Crippen LogP contribution in [0, 0.1) is 5.92 Å². The highest BCUT2D eigenvalue weighted by Gasteiger charge is 2.38. The first kappa shape index (κ1) is 15.0. The minimum Gasteiger partial charge on any atom is -0.481 e. The summed E-state index contributed by atoms with van der Waals surface area (Å²) < 4.78 is 5.19. The summed E-state index contributed by atoms with van der Waals surface area (Å²) in [6, 6.07) is 9.51. The van der Waals surface area contributed by atoms with Crippen LogP contribution in [0.4, 0.5) is 0 Å². The average Bonchev–Trinajstić information content (AvgIpc) is 2.87. The highest BCUT2D eigenvalue weighted by molar-refractivity contribution is 5.81. The Morgan fingerprint density at radius 2 is 2.15 bits per heavy atom. The van der Waals surface area contributed by atoms with Crippen molar-refractivity contribution in [3.8, 4) is 0 Å². The molecule has 1 aromatic rings. The molecule has 1 fully saturated rings. The molecule has 1 saturated heterocycles. The maximum atomic E-state index is 11.8. The standard InChI is InChI=1S/C16H23NO3/c1-16(15(18)19,14-6-4-3-5-7-14)12-17-9-8-13(10-17)11-20-2/h3-7,13H,8-12H2,1-2H3,(H,18,19). The van der Waals surface area contributed by atoms with Gasteiger partial charge in [-0.05, 0) is 31.4 Å². The van der Waals surface area contributed by atoms with Crippen LogP contribution in [0.1, 0.15) is 18.9 Å². The van der Waals surface area contributed by atoms with E-state index >= 15 is 0 Å². The Kier molecular flexibility index (Phi) is 4.78. The number of carboxylic acid groups (broad SMARTS) is 1. The van der Waals surface area contributed by atoms with E-state index in [2.05, 4.69) is 4.90 Å². The van der Waals surface area contributed by atoms with Crippen LogP contribution in [-0.2, 0) is 14.9 Å². The summed E-state index contributed by atoms with van der Waals surface area (Å²) in [5.41, 5.74) is 0.00569. The highest BCUT2D eigenvalue weighted by Crippen LogP contribution is 2.28. The number of rotatable bonds is 6. The minimum atomic E-state index is -0.858. The molecule has 2 rings (SSSR count). The lowest BCUT2D eigenvalue weighted by Crippen LogP contribution is -2.44. The molecule has 0 aliphatic carbocycles.